The van der Waals surface area contributed by atoms with Gasteiger partial charge >= 0.3 is 0 Å². The first-order valence-electron chi connectivity index (χ1n) is 3.85. The van der Waals surface area contributed by atoms with Crippen LogP contribution in [0.2, 0.25) is 0 Å². The summed E-state index contributed by atoms with van der Waals surface area (Å²) in [6, 6.07) is 0. The van der Waals surface area contributed by atoms with Crippen LogP contribution in [0.15, 0.2) is 6.58 Å². The molecule has 70 valence electrons. The third kappa shape index (κ3) is 2.14. The second-order valence-corrected chi connectivity index (χ2v) is 2.99. The van der Waals surface area contributed by atoms with Gasteiger partial charge in [-0.2, -0.15) is 15.0 Å². The van der Waals surface area contributed by atoms with Crippen LogP contribution in [-0.4, -0.2) is 29.0 Å². The van der Waals surface area contributed by atoms with Crippen molar-refractivity contribution in [3.63, 3.8) is 0 Å². The Labute approximate surface area is 77.3 Å². The lowest BCUT2D eigenvalue weighted by molar-refractivity contribution is 0.949. The number of hydrogen-bond acceptors (Lipinski definition) is 5. The van der Waals surface area contributed by atoms with Crippen LogP contribution >= 0.6 is 0 Å². The Morgan fingerprint density at radius 3 is 2.38 bits per heavy atom. The van der Waals surface area contributed by atoms with E-state index in [1.807, 2.05) is 21.0 Å². The van der Waals surface area contributed by atoms with Crippen LogP contribution in [0.25, 0.3) is 5.57 Å². The number of hydrogen-bond donors (Lipinski definition) is 1. The zero-order valence-electron chi connectivity index (χ0n) is 8.07. The fourth-order valence-electron chi connectivity index (χ4n) is 0.772. The van der Waals surface area contributed by atoms with E-state index in [9.17, 15) is 0 Å². The van der Waals surface area contributed by atoms with Gasteiger partial charge in [-0.3, -0.25) is 0 Å². The third-order valence-corrected chi connectivity index (χ3v) is 1.42. The van der Waals surface area contributed by atoms with Crippen LogP contribution < -0.4 is 10.6 Å². The molecule has 5 nitrogen and oxygen atoms in total. The van der Waals surface area contributed by atoms with Gasteiger partial charge in [0.15, 0.2) is 5.82 Å². The summed E-state index contributed by atoms with van der Waals surface area (Å²) in [7, 11) is 3.69. The topological polar surface area (TPSA) is 67.9 Å². The molecule has 1 aromatic rings. The monoisotopic (exact) mass is 179 g/mol. The van der Waals surface area contributed by atoms with E-state index in [2.05, 4.69) is 21.5 Å². The zero-order valence-corrected chi connectivity index (χ0v) is 8.07. The molecule has 0 atom stereocenters. The molecule has 5 heteroatoms. The molecule has 0 amide bonds. The van der Waals surface area contributed by atoms with E-state index < -0.39 is 0 Å². The van der Waals surface area contributed by atoms with Crippen LogP contribution in [-0.2, 0) is 0 Å². The van der Waals surface area contributed by atoms with Gasteiger partial charge in [-0.05, 0) is 12.5 Å². The molecule has 0 unspecified atom stereocenters. The maximum Gasteiger partial charge on any atom is 0.230 e. The van der Waals surface area contributed by atoms with Crippen LogP contribution in [0.4, 0.5) is 11.9 Å². The van der Waals surface area contributed by atoms with Crippen molar-refractivity contribution in [3.8, 4) is 0 Å². The Balaban J connectivity index is 3.19. The summed E-state index contributed by atoms with van der Waals surface area (Å²) in [5.74, 6) is 1.30. The van der Waals surface area contributed by atoms with E-state index in [0.717, 1.165) is 5.57 Å². The van der Waals surface area contributed by atoms with Crippen LogP contribution in [0.5, 0.6) is 0 Å². The number of aromatic nitrogens is 3. The molecule has 0 spiro atoms. The molecule has 1 heterocycles. The average molecular weight is 179 g/mol. The summed E-state index contributed by atoms with van der Waals surface area (Å²) in [4.78, 5) is 13.8. The van der Waals surface area contributed by atoms with Crippen molar-refractivity contribution in [1.82, 2.24) is 15.0 Å². The number of nitrogen functional groups attached to an aromatic ring is 1. The minimum absolute atomic E-state index is 0.219. The summed E-state index contributed by atoms with van der Waals surface area (Å²) in [5.41, 5.74) is 6.28. The molecule has 0 aliphatic rings. The largest absolute Gasteiger partial charge is 0.368 e. The maximum atomic E-state index is 5.50. The molecule has 13 heavy (non-hydrogen) atoms. The number of allylic oxidation sites excluding steroid dienone is 1. The molecule has 0 saturated heterocycles. The summed E-state index contributed by atoms with van der Waals surface area (Å²) in [5, 5.41) is 0. The van der Waals surface area contributed by atoms with Gasteiger partial charge in [0.1, 0.15) is 0 Å². The summed E-state index contributed by atoms with van der Waals surface area (Å²) < 4.78 is 0. The predicted molar refractivity (Wildman–Crippen MR) is 53.3 cm³/mol. The number of nitrogens with two attached hydrogens (primary N) is 1. The average Bonchev–Trinajstić information content (AvgIpc) is 2.03. The van der Waals surface area contributed by atoms with Crippen molar-refractivity contribution in [2.75, 3.05) is 24.7 Å². The SMILES string of the molecule is C=C(C)c1nc(N)nc(N(C)C)n1. The van der Waals surface area contributed by atoms with Crippen LogP contribution in [0.3, 0.4) is 0 Å². The Bertz CT molecular complexity index is 331. The lowest BCUT2D eigenvalue weighted by atomic mass is 10.3. The molecule has 0 bridgehead atoms. The highest BCUT2D eigenvalue weighted by atomic mass is 15.3. The molecule has 0 fully saturated rings. The predicted octanol–water partition coefficient (Wildman–Crippen LogP) is 0.553. The molecular weight excluding hydrogens is 166 g/mol. The van der Waals surface area contributed by atoms with E-state index in [-0.39, 0.29) is 5.95 Å². The maximum absolute atomic E-state index is 5.50. The smallest absolute Gasteiger partial charge is 0.230 e. The van der Waals surface area contributed by atoms with Gasteiger partial charge in [-0.25, -0.2) is 0 Å². The van der Waals surface area contributed by atoms with Crippen molar-refractivity contribution in [3.05, 3.63) is 12.4 Å². The van der Waals surface area contributed by atoms with E-state index in [0.29, 0.717) is 11.8 Å². The van der Waals surface area contributed by atoms with E-state index >= 15 is 0 Å². The molecule has 0 aliphatic carbocycles. The minimum Gasteiger partial charge on any atom is -0.368 e. The minimum atomic E-state index is 0.219. The Morgan fingerprint density at radius 1 is 1.31 bits per heavy atom. The highest BCUT2D eigenvalue weighted by molar-refractivity contribution is 5.56. The molecule has 0 saturated carbocycles. The molecule has 1 rings (SSSR count). The van der Waals surface area contributed by atoms with Crippen molar-refractivity contribution in [2.24, 2.45) is 0 Å². The van der Waals surface area contributed by atoms with Gasteiger partial charge < -0.3 is 10.6 Å². The lowest BCUT2D eigenvalue weighted by Gasteiger charge is -2.10. The van der Waals surface area contributed by atoms with Crippen molar-refractivity contribution >= 4 is 17.5 Å². The first-order chi connectivity index (χ1) is 6.00. The van der Waals surface area contributed by atoms with Gasteiger partial charge in [-0.15, -0.1) is 0 Å². The Hall–Kier alpha value is -1.65. The normalized spacial score (nSPS) is 9.77. The number of nitrogens with zero attached hydrogens (tertiary/aromatic N) is 4. The lowest BCUT2D eigenvalue weighted by Crippen LogP contribution is -2.15. The fourth-order valence-corrected chi connectivity index (χ4v) is 0.772. The molecule has 0 aromatic carbocycles. The van der Waals surface area contributed by atoms with Crippen LogP contribution in [0.1, 0.15) is 12.7 Å². The molecule has 0 radical (unpaired) electrons. The molecular formula is C8H13N5. The van der Waals surface area contributed by atoms with Crippen LogP contribution in [0, 0.1) is 0 Å². The highest BCUT2D eigenvalue weighted by Gasteiger charge is 2.05. The summed E-state index contributed by atoms with van der Waals surface area (Å²) in [6.07, 6.45) is 0. The van der Waals surface area contributed by atoms with Crippen molar-refractivity contribution in [1.29, 1.82) is 0 Å². The van der Waals surface area contributed by atoms with Crippen molar-refractivity contribution < 1.29 is 0 Å². The van der Waals surface area contributed by atoms with Gasteiger partial charge in [0, 0.05) is 14.1 Å². The van der Waals surface area contributed by atoms with Gasteiger partial charge in [0.25, 0.3) is 0 Å². The van der Waals surface area contributed by atoms with Crippen molar-refractivity contribution in [2.45, 2.75) is 6.92 Å². The molecule has 1 aromatic heterocycles. The second-order valence-electron chi connectivity index (χ2n) is 2.99. The molecule has 2 N–H and O–H groups in total. The summed E-state index contributed by atoms with van der Waals surface area (Å²) in [6.45, 7) is 5.57. The van der Waals surface area contributed by atoms with Gasteiger partial charge in [-0.1, -0.05) is 6.58 Å². The third-order valence-electron chi connectivity index (χ3n) is 1.42. The van der Waals surface area contributed by atoms with Gasteiger partial charge in [0.2, 0.25) is 11.9 Å². The quantitative estimate of drug-likeness (QED) is 0.718. The number of anilines is 2. The van der Waals surface area contributed by atoms with E-state index in [1.165, 1.54) is 0 Å². The second kappa shape index (κ2) is 3.38. The zero-order chi connectivity index (χ0) is 10.0. The fraction of sp³-hybridized carbons (Fsp3) is 0.375. The first-order valence-corrected chi connectivity index (χ1v) is 3.85. The first kappa shape index (κ1) is 9.44. The van der Waals surface area contributed by atoms with E-state index in [1.54, 1.807) is 4.90 Å². The standard InChI is InChI=1S/C8H13N5/c1-5(2)6-10-7(9)12-8(11-6)13(3)4/h1H2,2-4H3,(H2,9,10,11,12). The number of rotatable bonds is 2. The Kier molecular flexibility index (Phi) is 2.46. The van der Waals surface area contributed by atoms with Gasteiger partial charge in [0.05, 0.1) is 0 Å². The molecule has 0 aliphatic heterocycles. The Morgan fingerprint density at radius 2 is 1.92 bits per heavy atom. The van der Waals surface area contributed by atoms with E-state index in [4.69, 9.17) is 5.73 Å². The summed E-state index contributed by atoms with van der Waals surface area (Å²) >= 11 is 0. The highest BCUT2D eigenvalue weighted by Crippen LogP contribution is 2.10.